The molecule has 0 unspecified atom stereocenters. The van der Waals surface area contributed by atoms with E-state index in [-0.39, 0.29) is 73.0 Å². The molecule has 1 aliphatic heterocycles. The normalized spacial score (nSPS) is 12.0. The molecule has 0 bridgehead atoms. The van der Waals surface area contributed by atoms with Gasteiger partial charge < -0.3 is 35.6 Å². The van der Waals surface area contributed by atoms with E-state index in [1.165, 1.54) is 48.5 Å². The van der Waals surface area contributed by atoms with Gasteiger partial charge in [-0.3, -0.25) is 9.96 Å². The van der Waals surface area contributed by atoms with Gasteiger partial charge in [-0.1, -0.05) is 31.0 Å². The summed E-state index contributed by atoms with van der Waals surface area (Å²) >= 11 is 0. The van der Waals surface area contributed by atoms with Crippen LogP contribution in [0.5, 0.6) is 0 Å². The Morgan fingerprint density at radius 3 is 2.14 bits per heavy atom. The molecule has 2 aromatic rings. The fraction of sp³-hybridized carbons (Fsp3) is 0.312. The Morgan fingerprint density at radius 1 is 0.860 bits per heavy atom. The number of amides is 1. The summed E-state index contributed by atoms with van der Waals surface area (Å²) in [6, 6.07) is 10.8. The fourth-order valence-electron chi connectivity index (χ4n) is 5.68. The molecule has 50 heavy (non-hydrogen) atoms. The van der Waals surface area contributed by atoms with Gasteiger partial charge >= 0.3 is 12.1 Å². The van der Waals surface area contributed by atoms with E-state index in [1.54, 1.807) is 0 Å². The van der Waals surface area contributed by atoms with E-state index in [0.29, 0.717) is 19.3 Å². The number of hydrogen-bond donors (Lipinski definition) is 6. The SMILES string of the molecule is N=c1ccc2c(-c3ccccc3C(=O)O)c3ccc(N)c(S(=O)(=O)O)c3oc-2c1S(=O)(=O)N(CCCCCNC(=O)O)CCCCCC(=O)[O-]. The summed E-state index contributed by atoms with van der Waals surface area (Å²) in [5.74, 6) is -3.09. The summed E-state index contributed by atoms with van der Waals surface area (Å²) in [5.41, 5.74) is 4.83. The molecule has 2 aromatic carbocycles. The number of carbonyl (C=O) groups is 3. The monoisotopic (exact) mass is 731 g/mol. The van der Waals surface area contributed by atoms with Gasteiger partial charge in [-0.05, 0) is 68.0 Å². The maximum Gasteiger partial charge on any atom is 0.404 e. The molecule has 2 aliphatic rings. The van der Waals surface area contributed by atoms with Gasteiger partial charge in [-0.15, -0.1) is 0 Å². The second-order valence-electron chi connectivity index (χ2n) is 11.4. The van der Waals surface area contributed by atoms with Gasteiger partial charge in [0.1, 0.15) is 0 Å². The van der Waals surface area contributed by atoms with Crippen LogP contribution in [0.15, 0.2) is 62.7 Å². The number of nitrogens with one attached hydrogen (secondary N) is 2. The third-order valence-corrected chi connectivity index (χ3v) is 10.8. The van der Waals surface area contributed by atoms with Gasteiger partial charge in [0, 0.05) is 42.1 Å². The van der Waals surface area contributed by atoms with Crippen LogP contribution in [0.4, 0.5) is 10.5 Å². The van der Waals surface area contributed by atoms with E-state index in [2.05, 4.69) is 5.32 Å². The van der Waals surface area contributed by atoms with Crippen molar-refractivity contribution in [2.45, 2.75) is 54.7 Å². The van der Waals surface area contributed by atoms with Crippen molar-refractivity contribution in [3.8, 4) is 22.5 Å². The van der Waals surface area contributed by atoms with E-state index >= 15 is 0 Å². The first-order valence-corrected chi connectivity index (χ1v) is 18.3. The van der Waals surface area contributed by atoms with Crippen LogP contribution in [0.3, 0.4) is 0 Å². The van der Waals surface area contributed by atoms with Gasteiger partial charge in [-0.2, -0.15) is 12.7 Å². The van der Waals surface area contributed by atoms with E-state index in [0.717, 1.165) is 4.31 Å². The number of anilines is 1. The largest absolute Gasteiger partial charge is 0.550 e. The lowest BCUT2D eigenvalue weighted by Gasteiger charge is -2.25. The standard InChI is InChI=1S/C32H36N4O12S2/c33-23-14-12-21-26(19-9-4-5-10-20(19)31(39)40)22-13-15-24(34)30(50(45,46)47)28(22)48-27(21)29(23)49(43,44)36(17-7-1-3-11-25(37)38)18-8-2-6-16-35-32(41)42/h4-5,9-10,12-15,33,35H,1-3,6-8,11,16-18,34H2,(H,37,38)(H,39,40)(H,41,42)(H,45,46,47)/p-1. The topological polar surface area (TPSA) is 282 Å². The minimum atomic E-state index is -5.11. The summed E-state index contributed by atoms with van der Waals surface area (Å²) in [6.07, 6.45) is 0.445. The molecule has 7 N–H and O–H groups in total. The minimum Gasteiger partial charge on any atom is -0.550 e. The highest BCUT2D eigenvalue weighted by molar-refractivity contribution is 7.89. The summed E-state index contributed by atoms with van der Waals surface area (Å²) in [5, 5.41) is 40.1. The number of sulfonamides is 1. The third kappa shape index (κ3) is 8.39. The number of carbonyl (C=O) groups excluding carboxylic acids is 1. The molecule has 0 spiro atoms. The molecule has 268 valence electrons. The Labute approximate surface area is 286 Å². The average molecular weight is 732 g/mol. The number of fused-ring (bicyclic) bond motifs is 2. The van der Waals surface area contributed by atoms with Gasteiger partial charge in [0.2, 0.25) is 10.0 Å². The lowest BCUT2D eigenvalue weighted by atomic mass is 9.90. The van der Waals surface area contributed by atoms with Gasteiger partial charge in [-0.25, -0.2) is 18.0 Å². The Balaban J connectivity index is 1.96. The lowest BCUT2D eigenvalue weighted by molar-refractivity contribution is -0.305. The molecule has 0 atom stereocenters. The Kier molecular flexibility index (Phi) is 11.8. The molecule has 0 saturated heterocycles. The molecule has 1 heterocycles. The van der Waals surface area contributed by atoms with Crippen molar-refractivity contribution in [1.82, 2.24) is 9.62 Å². The van der Waals surface area contributed by atoms with Crippen LogP contribution >= 0.6 is 0 Å². The maximum atomic E-state index is 14.5. The quantitative estimate of drug-likeness (QED) is 0.0395. The van der Waals surface area contributed by atoms with Crippen molar-refractivity contribution in [1.29, 1.82) is 5.41 Å². The van der Waals surface area contributed by atoms with E-state index < -0.39 is 70.4 Å². The zero-order valence-corrected chi connectivity index (χ0v) is 28.2. The summed E-state index contributed by atoms with van der Waals surface area (Å²) in [4.78, 5) is 32.4. The molecule has 1 amide bonds. The van der Waals surface area contributed by atoms with Gasteiger partial charge in [0.05, 0.1) is 16.6 Å². The molecular formula is C32H35N4O12S2-. The van der Waals surface area contributed by atoms with Crippen molar-refractivity contribution in [3.05, 3.63) is 59.5 Å². The van der Waals surface area contributed by atoms with E-state index in [1.807, 2.05) is 0 Å². The van der Waals surface area contributed by atoms with Crippen molar-refractivity contribution in [3.63, 3.8) is 0 Å². The average Bonchev–Trinajstić information content (AvgIpc) is 3.02. The highest BCUT2D eigenvalue weighted by Gasteiger charge is 2.35. The van der Waals surface area contributed by atoms with Crippen LogP contribution in [-0.4, -0.2) is 73.6 Å². The first kappa shape index (κ1) is 37.8. The number of rotatable bonds is 17. The highest BCUT2D eigenvalue weighted by atomic mass is 32.2. The number of hydrogen-bond acceptors (Lipinski definition) is 11. The van der Waals surface area contributed by atoms with Gasteiger partial charge in [0.15, 0.2) is 21.1 Å². The molecule has 4 rings (SSSR count). The third-order valence-electron chi connectivity index (χ3n) is 7.93. The number of unbranched alkanes of at least 4 members (excludes halogenated alkanes) is 4. The number of benzene rings is 3. The summed E-state index contributed by atoms with van der Waals surface area (Å²) < 4.78 is 71.5. The van der Waals surface area contributed by atoms with Crippen LogP contribution in [0, 0.1) is 5.41 Å². The summed E-state index contributed by atoms with van der Waals surface area (Å²) in [7, 11) is -9.77. The first-order chi connectivity index (χ1) is 23.6. The number of nitrogens with two attached hydrogens (primary N) is 1. The number of nitrogen functional groups attached to an aromatic ring is 1. The zero-order valence-electron chi connectivity index (χ0n) is 26.5. The Bertz CT molecular complexity index is 2180. The fourth-order valence-corrected chi connectivity index (χ4v) is 8.17. The lowest BCUT2D eigenvalue weighted by Crippen LogP contribution is -2.36. The number of aliphatic carboxylic acids is 1. The van der Waals surface area contributed by atoms with Crippen molar-refractivity contribution < 1.29 is 55.5 Å². The van der Waals surface area contributed by atoms with Crippen LogP contribution in [-0.2, 0) is 24.9 Å². The van der Waals surface area contributed by atoms with Crippen LogP contribution in [0.1, 0.15) is 55.3 Å². The van der Waals surface area contributed by atoms with Crippen LogP contribution in [0.2, 0.25) is 0 Å². The predicted molar refractivity (Wildman–Crippen MR) is 177 cm³/mol. The molecule has 16 nitrogen and oxygen atoms in total. The predicted octanol–water partition coefficient (Wildman–Crippen LogP) is 2.95. The van der Waals surface area contributed by atoms with E-state index in [4.69, 9.17) is 20.7 Å². The minimum absolute atomic E-state index is 0.0143. The Hall–Kier alpha value is -5.04. The maximum absolute atomic E-state index is 14.5. The number of carboxylic acids is 2. The van der Waals surface area contributed by atoms with Crippen molar-refractivity contribution in [2.75, 3.05) is 25.4 Å². The highest BCUT2D eigenvalue weighted by Crippen LogP contribution is 2.46. The number of aromatic carboxylic acids is 1. The van der Waals surface area contributed by atoms with Crippen LogP contribution < -0.4 is 21.5 Å². The molecule has 1 aliphatic carbocycles. The molecular weight excluding hydrogens is 697 g/mol. The smallest absolute Gasteiger partial charge is 0.404 e. The summed E-state index contributed by atoms with van der Waals surface area (Å²) in [6.45, 7) is -0.0570. The second kappa shape index (κ2) is 15.7. The number of carboxylic acid groups (broad SMARTS) is 3. The van der Waals surface area contributed by atoms with Gasteiger partial charge in [0.25, 0.3) is 10.1 Å². The van der Waals surface area contributed by atoms with Crippen molar-refractivity contribution >= 4 is 54.8 Å². The molecule has 0 saturated carbocycles. The first-order valence-electron chi connectivity index (χ1n) is 15.4. The van der Waals surface area contributed by atoms with E-state index in [9.17, 15) is 46.0 Å². The zero-order chi connectivity index (χ0) is 36.8. The molecule has 0 aromatic heterocycles. The van der Waals surface area contributed by atoms with Crippen molar-refractivity contribution in [2.24, 2.45) is 0 Å². The second-order valence-corrected chi connectivity index (χ2v) is 14.6. The van der Waals surface area contributed by atoms with Crippen LogP contribution in [0.25, 0.3) is 33.4 Å². The Morgan fingerprint density at radius 2 is 1.52 bits per heavy atom. The molecule has 0 radical (unpaired) electrons. The molecule has 18 heteroatoms. The number of nitrogens with zero attached hydrogens (tertiary/aromatic N) is 1. The molecule has 0 fully saturated rings.